The predicted molar refractivity (Wildman–Crippen MR) is 175 cm³/mol. The smallest absolute Gasteiger partial charge is 0.283 e. The van der Waals surface area contributed by atoms with Gasteiger partial charge in [0.25, 0.3) is 15.1 Å². The molecule has 0 saturated heterocycles. The summed E-state index contributed by atoms with van der Waals surface area (Å²) in [4.78, 5) is 3.96. The number of thioether (sulfide) groups is 1. The normalized spacial score (nSPS) is 20.3. The van der Waals surface area contributed by atoms with Gasteiger partial charge >= 0.3 is 0 Å². The molecule has 0 fully saturated rings. The molecule has 1 aromatic heterocycles. The molecule has 210 valence electrons. The maximum absolute atomic E-state index is 12.3. The zero-order chi connectivity index (χ0) is 28.8. The minimum Gasteiger partial charge on any atom is -0.317 e. The molecule has 4 aromatic rings. The van der Waals surface area contributed by atoms with Crippen molar-refractivity contribution in [2.45, 2.75) is 24.3 Å². The average Bonchev–Trinajstić information content (AvgIpc) is 3.53. The summed E-state index contributed by atoms with van der Waals surface area (Å²) in [7, 11) is -4.30. The Hall–Kier alpha value is -3.69. The van der Waals surface area contributed by atoms with E-state index in [1.807, 2.05) is 48.5 Å². The molecule has 2 atom stereocenters. The average molecular weight is 610 g/mol. The molecule has 0 bridgehead atoms. The molecule has 7 rings (SSSR count). The first-order valence-corrected chi connectivity index (χ1v) is 17.1. The van der Waals surface area contributed by atoms with E-state index in [1.54, 1.807) is 16.2 Å². The lowest BCUT2D eigenvalue weighted by Crippen LogP contribution is -2.40. The van der Waals surface area contributed by atoms with Gasteiger partial charge in [0.2, 0.25) is 5.69 Å². The third-order valence-corrected chi connectivity index (χ3v) is 10.7. The molecule has 1 N–H and O–H groups in total. The van der Waals surface area contributed by atoms with Crippen LogP contribution in [0, 0.1) is 5.92 Å². The Bertz CT molecular complexity index is 1970. The van der Waals surface area contributed by atoms with Gasteiger partial charge in [0, 0.05) is 22.3 Å². The van der Waals surface area contributed by atoms with Crippen molar-refractivity contribution < 1.29 is 17.5 Å². The van der Waals surface area contributed by atoms with Crippen molar-refractivity contribution in [2.75, 3.05) is 10.8 Å². The van der Waals surface area contributed by atoms with Gasteiger partial charge < -0.3 is 4.90 Å². The highest BCUT2D eigenvalue weighted by atomic mass is 32.2. The third-order valence-electron chi connectivity index (χ3n) is 7.87. The van der Waals surface area contributed by atoms with Crippen LogP contribution in [0.25, 0.3) is 28.5 Å². The number of hydrogen-bond donors (Lipinski definition) is 1. The van der Waals surface area contributed by atoms with Crippen molar-refractivity contribution >= 4 is 67.4 Å². The van der Waals surface area contributed by atoms with Crippen molar-refractivity contribution in [3.05, 3.63) is 129 Å². The van der Waals surface area contributed by atoms with E-state index in [-0.39, 0.29) is 0 Å². The Labute approximate surface area is 254 Å². The Kier molecular flexibility index (Phi) is 7.02. The number of nitrogens with zero attached hydrogens (tertiary/aromatic N) is 2. The molecule has 3 aromatic carbocycles. The topological polar surface area (TPSA) is 61.5 Å². The molecule has 0 spiro atoms. The van der Waals surface area contributed by atoms with Crippen molar-refractivity contribution in [1.29, 1.82) is 0 Å². The van der Waals surface area contributed by atoms with Gasteiger partial charge in [-0.05, 0) is 41.7 Å². The van der Waals surface area contributed by atoms with E-state index in [2.05, 4.69) is 78.3 Å². The summed E-state index contributed by atoms with van der Waals surface area (Å²) in [5, 5.41) is 3.85. The van der Waals surface area contributed by atoms with Crippen molar-refractivity contribution in [3.63, 3.8) is 0 Å². The van der Waals surface area contributed by atoms with Gasteiger partial charge in [0.05, 0.1) is 16.6 Å². The van der Waals surface area contributed by atoms with Crippen LogP contribution in [0.3, 0.4) is 0 Å². The van der Waals surface area contributed by atoms with E-state index in [0.717, 1.165) is 49.1 Å². The van der Waals surface area contributed by atoms with Crippen LogP contribution in [-0.4, -0.2) is 18.8 Å². The summed E-state index contributed by atoms with van der Waals surface area (Å²) < 4.78 is 37.0. The highest BCUT2D eigenvalue weighted by Gasteiger charge is 2.36. The molecule has 2 aliphatic carbocycles. The Balaban J connectivity index is 1.39. The number of anilines is 1. The lowest BCUT2D eigenvalue weighted by Gasteiger charge is -2.22. The van der Waals surface area contributed by atoms with Crippen molar-refractivity contribution in [1.82, 2.24) is 0 Å². The highest BCUT2D eigenvalue weighted by Crippen LogP contribution is 2.50. The second kappa shape index (κ2) is 10.9. The second-order valence-corrected chi connectivity index (χ2v) is 14.0. The van der Waals surface area contributed by atoms with Gasteiger partial charge in [-0.25, -0.2) is 0 Å². The molecule has 2 heterocycles. The monoisotopic (exact) mass is 609 g/mol. The Morgan fingerprint density at radius 3 is 2.60 bits per heavy atom. The van der Waals surface area contributed by atoms with E-state index >= 15 is 0 Å². The minimum absolute atomic E-state index is 0.310. The minimum atomic E-state index is -4.30. The van der Waals surface area contributed by atoms with Crippen LogP contribution in [-0.2, 0) is 16.7 Å². The molecular formula is C34H29N2O3S3+. The van der Waals surface area contributed by atoms with Crippen LogP contribution < -0.4 is 9.47 Å². The molecule has 3 aliphatic rings. The lowest BCUT2D eigenvalue weighted by molar-refractivity contribution is -0.698. The van der Waals surface area contributed by atoms with Crippen LogP contribution >= 0.6 is 23.1 Å². The van der Waals surface area contributed by atoms with Crippen molar-refractivity contribution in [2.24, 2.45) is 5.92 Å². The molecule has 0 radical (unpaired) electrons. The Morgan fingerprint density at radius 1 is 1.00 bits per heavy atom. The number of allylic oxidation sites excluding steroid dienone is 7. The Morgan fingerprint density at radius 2 is 1.79 bits per heavy atom. The molecule has 5 nitrogen and oxygen atoms in total. The van der Waals surface area contributed by atoms with E-state index in [1.165, 1.54) is 22.3 Å². The summed E-state index contributed by atoms with van der Waals surface area (Å²) in [6, 6.07) is 22.2. The number of benzene rings is 3. The van der Waals surface area contributed by atoms with Gasteiger partial charge in [0.15, 0.2) is 5.88 Å². The first-order valence-electron chi connectivity index (χ1n) is 13.9. The van der Waals surface area contributed by atoms with E-state index in [0.29, 0.717) is 11.8 Å². The highest BCUT2D eigenvalue weighted by molar-refractivity contribution is 8.03. The molecule has 1 aliphatic heterocycles. The zero-order valence-corrected chi connectivity index (χ0v) is 25.4. The lowest BCUT2D eigenvalue weighted by atomic mass is 9.82. The number of hydrogen-bond acceptors (Lipinski definition) is 5. The van der Waals surface area contributed by atoms with Gasteiger partial charge in [-0.1, -0.05) is 114 Å². The fraction of sp³-hybridized carbons (Fsp3) is 0.147. The standard InChI is InChI=1S/C34H28N2O3S3/c1-2-35-31(40-29-18-16-24-12-6-8-14-27(24)33(29)35)20-26(23-10-4-3-5-11-23)21-32-36(22-42(37,38)39)34-28-15-9-7-13-25(28)17-19-30(34)41-32/h3-21,24,27H,2,22H2,1H3/p+1. The van der Waals surface area contributed by atoms with E-state index in [4.69, 9.17) is 0 Å². The number of fused-ring (bicyclic) bond motifs is 6. The molecular weight excluding hydrogens is 581 g/mol. The summed E-state index contributed by atoms with van der Waals surface area (Å²) in [6.45, 7) is 3.02. The van der Waals surface area contributed by atoms with Gasteiger partial charge in [-0.2, -0.15) is 13.0 Å². The SMILES string of the molecule is CC[n+]1c(/C=C(/C=C2\Sc3ccc4ccccc4c3N2CS(=O)(=O)O)c2ccccc2)sc2c1C1C=CC=CC1C=C2. The van der Waals surface area contributed by atoms with E-state index < -0.39 is 16.0 Å². The quantitative estimate of drug-likeness (QED) is 0.178. The predicted octanol–water partition coefficient (Wildman–Crippen LogP) is 7.90. The van der Waals surface area contributed by atoms with Gasteiger partial charge in [0.1, 0.15) is 11.4 Å². The number of thiazole rings is 1. The van der Waals surface area contributed by atoms with Crippen LogP contribution in [0.15, 0.2) is 113 Å². The number of aromatic nitrogens is 1. The van der Waals surface area contributed by atoms with E-state index in [9.17, 15) is 13.0 Å². The van der Waals surface area contributed by atoms with Crippen LogP contribution in [0.2, 0.25) is 0 Å². The molecule has 0 amide bonds. The molecule has 8 heteroatoms. The zero-order valence-electron chi connectivity index (χ0n) is 22.9. The molecule has 42 heavy (non-hydrogen) atoms. The molecule has 0 saturated carbocycles. The maximum atomic E-state index is 12.3. The summed E-state index contributed by atoms with van der Waals surface area (Å²) in [5.41, 5.74) is 4.14. The van der Waals surface area contributed by atoms with Gasteiger partial charge in [-0.3, -0.25) is 4.55 Å². The fourth-order valence-corrected chi connectivity index (χ4v) is 9.08. The first-order chi connectivity index (χ1) is 20.4. The van der Waals surface area contributed by atoms with Crippen molar-refractivity contribution in [3.8, 4) is 0 Å². The third kappa shape index (κ3) is 4.98. The summed E-state index contributed by atoms with van der Waals surface area (Å²) >= 11 is 3.30. The fourth-order valence-electron chi connectivity index (χ4n) is 6.03. The maximum Gasteiger partial charge on any atom is 0.283 e. The first kappa shape index (κ1) is 27.2. The summed E-state index contributed by atoms with van der Waals surface area (Å²) in [5.74, 6) is 0.148. The second-order valence-electron chi connectivity index (χ2n) is 10.5. The summed E-state index contributed by atoms with van der Waals surface area (Å²) in [6.07, 6.45) is 17.6. The van der Waals surface area contributed by atoms with Crippen LogP contribution in [0.4, 0.5) is 5.69 Å². The molecule has 2 unspecified atom stereocenters. The van der Waals surface area contributed by atoms with Gasteiger partial charge in [-0.15, -0.1) is 0 Å². The van der Waals surface area contributed by atoms with Crippen LogP contribution in [0.5, 0.6) is 0 Å². The van der Waals surface area contributed by atoms with Crippen LogP contribution in [0.1, 0.15) is 34.0 Å². The number of rotatable bonds is 6. The largest absolute Gasteiger partial charge is 0.317 e.